The Morgan fingerprint density at radius 3 is 2.36 bits per heavy atom. The largest absolute Gasteiger partial charge is 0.465 e. The van der Waals surface area contributed by atoms with Gasteiger partial charge in [-0.05, 0) is 72.6 Å². The molecule has 5 aliphatic rings. The molecule has 47 heavy (non-hydrogen) atoms. The number of benzene rings is 2. The second kappa shape index (κ2) is 10.9. The van der Waals surface area contributed by atoms with E-state index in [1.807, 2.05) is 54.6 Å². The van der Waals surface area contributed by atoms with Crippen LogP contribution in [0, 0.1) is 5.41 Å². The first-order valence-electron chi connectivity index (χ1n) is 15.7. The van der Waals surface area contributed by atoms with Crippen LogP contribution in [0.3, 0.4) is 0 Å². The van der Waals surface area contributed by atoms with Crippen molar-refractivity contribution in [1.29, 1.82) is 0 Å². The van der Waals surface area contributed by atoms with Crippen molar-refractivity contribution < 1.29 is 29.1 Å². The van der Waals surface area contributed by atoms with Gasteiger partial charge in [-0.15, -0.1) is 0 Å². The summed E-state index contributed by atoms with van der Waals surface area (Å²) in [5.74, 6) is -0.148. The minimum absolute atomic E-state index is 0.0779. The topological polar surface area (TPSA) is 161 Å². The number of pyridine rings is 1. The molecule has 3 aromatic rings. The summed E-state index contributed by atoms with van der Waals surface area (Å²) in [4.78, 5) is 71.0. The number of hydrogen-bond acceptors (Lipinski definition) is 6. The van der Waals surface area contributed by atoms with Crippen molar-refractivity contribution in [3.63, 3.8) is 0 Å². The smallest absolute Gasteiger partial charge is 0.407 e. The predicted octanol–water partition coefficient (Wildman–Crippen LogP) is 3.21. The summed E-state index contributed by atoms with van der Waals surface area (Å²) in [7, 11) is 1.48. The molecule has 1 spiro atoms. The lowest BCUT2D eigenvalue weighted by molar-refractivity contribution is -0.193. The molecule has 2 bridgehead atoms. The molecule has 1 atom stereocenters. The zero-order valence-corrected chi connectivity index (χ0v) is 26.3. The second-order valence-corrected chi connectivity index (χ2v) is 13.7. The van der Waals surface area contributed by atoms with Crippen LogP contribution in [0.2, 0.25) is 0 Å². The van der Waals surface area contributed by atoms with Gasteiger partial charge in [0.1, 0.15) is 12.4 Å². The molecule has 0 unspecified atom stereocenters. The fourth-order valence-corrected chi connectivity index (χ4v) is 8.17. The minimum Gasteiger partial charge on any atom is -0.465 e. The maximum Gasteiger partial charge on any atom is 0.407 e. The molecule has 2 aromatic carbocycles. The van der Waals surface area contributed by atoms with Gasteiger partial charge in [-0.3, -0.25) is 19.2 Å². The minimum atomic E-state index is -1.07. The van der Waals surface area contributed by atoms with Crippen molar-refractivity contribution >= 4 is 41.2 Å². The Hall–Kier alpha value is -5.26. The molecule has 12 heteroatoms. The molecule has 4 aliphatic carbocycles. The SMILES string of the molecule is CC(=O)NC12CC(C(=O)N(CC(=O)Nc3ccc4c(c3)C[C@@]3(C4)C(=O)Nc4ncccc43)Cc3ccccc3CN(C)C(=O)O)(C1)C2. The summed E-state index contributed by atoms with van der Waals surface area (Å²) in [5, 5.41) is 18.3. The summed E-state index contributed by atoms with van der Waals surface area (Å²) >= 11 is 0. The lowest BCUT2D eigenvalue weighted by atomic mass is 9.39. The van der Waals surface area contributed by atoms with Crippen LogP contribution in [-0.2, 0) is 50.5 Å². The summed E-state index contributed by atoms with van der Waals surface area (Å²) in [6, 6.07) is 16.7. The van der Waals surface area contributed by atoms with E-state index in [9.17, 15) is 29.1 Å². The molecule has 2 heterocycles. The number of carbonyl (C=O) groups is 5. The molecule has 4 N–H and O–H groups in total. The average molecular weight is 637 g/mol. The predicted molar refractivity (Wildman–Crippen MR) is 171 cm³/mol. The van der Waals surface area contributed by atoms with E-state index in [4.69, 9.17) is 0 Å². The maximum atomic E-state index is 14.1. The van der Waals surface area contributed by atoms with E-state index in [0.29, 0.717) is 43.6 Å². The average Bonchev–Trinajstić information content (AvgIpc) is 3.50. The first-order valence-corrected chi connectivity index (χ1v) is 15.7. The van der Waals surface area contributed by atoms with E-state index in [2.05, 4.69) is 20.9 Å². The van der Waals surface area contributed by atoms with Gasteiger partial charge in [0.25, 0.3) is 0 Å². The summed E-state index contributed by atoms with van der Waals surface area (Å²) < 4.78 is 0. The van der Waals surface area contributed by atoms with E-state index in [1.165, 1.54) is 18.9 Å². The lowest BCUT2D eigenvalue weighted by Gasteiger charge is -2.69. The third-order valence-electron chi connectivity index (χ3n) is 10.2. The van der Waals surface area contributed by atoms with Gasteiger partial charge in [-0.25, -0.2) is 9.78 Å². The maximum absolute atomic E-state index is 14.1. The summed E-state index contributed by atoms with van der Waals surface area (Å²) in [6.07, 6.45) is 3.20. The summed E-state index contributed by atoms with van der Waals surface area (Å²) in [6.45, 7) is 1.51. The van der Waals surface area contributed by atoms with Crippen LogP contribution in [-0.4, -0.2) is 68.7 Å². The number of fused-ring (bicyclic) bond motifs is 3. The molecular weight excluding hydrogens is 600 g/mol. The van der Waals surface area contributed by atoms with Crippen LogP contribution in [0.1, 0.15) is 54.0 Å². The summed E-state index contributed by atoms with van der Waals surface area (Å²) in [5.41, 5.74) is 3.22. The van der Waals surface area contributed by atoms with Crippen LogP contribution in [0.4, 0.5) is 16.3 Å². The van der Waals surface area contributed by atoms with Crippen molar-refractivity contribution in [2.24, 2.45) is 5.41 Å². The van der Waals surface area contributed by atoms with Crippen LogP contribution < -0.4 is 16.0 Å². The Morgan fingerprint density at radius 2 is 1.66 bits per heavy atom. The standard InChI is InChI=1S/C35H36N6O6/c1-21(42)39-34-18-33(19-34,20-34)31(45)41(16-24-7-4-3-6-23(24)15-40(2)32(46)47)17-28(43)37-26-10-9-22-13-35(14-25(22)12-26)27-8-5-11-36-29(27)38-30(35)44/h3-12H,13-20H2,1-2H3,(H,37,43)(H,39,42)(H,46,47)(H,36,38,44)/t33?,34?,35-/m1/s1. The molecule has 3 fully saturated rings. The van der Waals surface area contributed by atoms with E-state index in [1.54, 1.807) is 11.1 Å². The van der Waals surface area contributed by atoms with Gasteiger partial charge in [-0.2, -0.15) is 0 Å². The van der Waals surface area contributed by atoms with Gasteiger partial charge < -0.3 is 30.9 Å². The normalized spacial score (nSPS) is 24.3. The highest BCUT2D eigenvalue weighted by Gasteiger charge is 2.72. The molecule has 1 aromatic heterocycles. The highest BCUT2D eigenvalue weighted by Crippen LogP contribution is 2.68. The van der Waals surface area contributed by atoms with Crippen molar-refractivity contribution in [2.45, 2.75) is 63.1 Å². The Kier molecular flexibility index (Phi) is 7.07. The van der Waals surface area contributed by atoms with Crippen LogP contribution in [0.15, 0.2) is 60.8 Å². The van der Waals surface area contributed by atoms with Crippen LogP contribution >= 0.6 is 0 Å². The van der Waals surface area contributed by atoms with Gasteiger partial charge in [-0.1, -0.05) is 36.4 Å². The number of amides is 5. The highest BCUT2D eigenvalue weighted by atomic mass is 16.4. The van der Waals surface area contributed by atoms with Gasteiger partial charge in [0.05, 0.1) is 10.8 Å². The number of nitrogens with zero attached hydrogens (tertiary/aromatic N) is 3. The number of hydrogen-bond donors (Lipinski definition) is 4. The van der Waals surface area contributed by atoms with Crippen molar-refractivity contribution in [1.82, 2.24) is 20.1 Å². The number of carbonyl (C=O) groups excluding carboxylic acids is 4. The first kappa shape index (κ1) is 30.4. The van der Waals surface area contributed by atoms with Gasteiger partial charge in [0.15, 0.2) is 0 Å². The Bertz CT molecular complexity index is 1840. The van der Waals surface area contributed by atoms with Gasteiger partial charge >= 0.3 is 6.09 Å². The molecule has 0 saturated heterocycles. The van der Waals surface area contributed by atoms with Crippen LogP contribution in [0.25, 0.3) is 0 Å². The molecule has 242 valence electrons. The van der Waals surface area contributed by atoms with E-state index in [0.717, 1.165) is 27.8 Å². The fourth-order valence-electron chi connectivity index (χ4n) is 8.17. The van der Waals surface area contributed by atoms with Gasteiger partial charge in [0, 0.05) is 50.0 Å². The van der Waals surface area contributed by atoms with E-state index in [-0.39, 0.29) is 48.8 Å². The van der Waals surface area contributed by atoms with Crippen LogP contribution in [0.5, 0.6) is 0 Å². The third kappa shape index (κ3) is 5.17. The van der Waals surface area contributed by atoms with E-state index < -0.39 is 16.9 Å². The van der Waals surface area contributed by atoms with E-state index >= 15 is 0 Å². The lowest BCUT2D eigenvalue weighted by Crippen LogP contribution is -2.78. The molecule has 3 saturated carbocycles. The molecule has 12 nitrogen and oxygen atoms in total. The quantitative estimate of drug-likeness (QED) is 0.281. The number of aromatic nitrogens is 1. The van der Waals surface area contributed by atoms with Gasteiger partial charge in [0.2, 0.25) is 23.6 Å². The van der Waals surface area contributed by atoms with Crippen molar-refractivity contribution in [2.75, 3.05) is 24.2 Å². The molecular formula is C35H36N6O6. The Morgan fingerprint density at radius 1 is 0.957 bits per heavy atom. The third-order valence-corrected chi connectivity index (χ3v) is 10.2. The monoisotopic (exact) mass is 636 g/mol. The Balaban J connectivity index is 1.09. The molecule has 0 radical (unpaired) electrons. The number of carboxylic acid groups (broad SMARTS) is 1. The van der Waals surface area contributed by atoms with Crippen molar-refractivity contribution in [3.05, 3.63) is 88.6 Å². The fraction of sp³-hybridized carbons (Fsp3) is 0.371. The molecule has 5 amide bonds. The molecule has 1 aliphatic heterocycles. The number of anilines is 2. The van der Waals surface area contributed by atoms with Crippen molar-refractivity contribution in [3.8, 4) is 0 Å². The second-order valence-electron chi connectivity index (χ2n) is 13.7. The highest BCUT2D eigenvalue weighted by molar-refractivity contribution is 6.06. The number of rotatable bonds is 9. The molecule has 8 rings (SSSR count). The number of nitrogens with one attached hydrogen (secondary N) is 3. The Labute approximate surface area is 271 Å². The zero-order chi connectivity index (χ0) is 33.1. The zero-order valence-electron chi connectivity index (χ0n) is 26.3. The first-order chi connectivity index (χ1) is 22.4.